The lowest BCUT2D eigenvalue weighted by atomic mass is 10.1. The highest BCUT2D eigenvalue weighted by Crippen LogP contribution is 2.39. The molecule has 0 aliphatic carbocycles. The first-order valence-electron chi connectivity index (χ1n) is 10.0. The Morgan fingerprint density at radius 3 is 2.26 bits per heavy atom. The molecular weight excluding hydrogens is 504 g/mol. The number of anilines is 1. The molecule has 11 heteroatoms. The standard InChI is InChI=1S/C23H18Cl2FN3O4S/c24-16-3-8-19(9-4-16)34(32,33)29(21-13-17(25)5-10-20(21)26)23(14-28-23)22(31)27-12-11-15-1-6-18(30)7-2-15/h1-10,13-14,30H,11-12H2,(H,27,31)/t23-/m1/s1. The molecule has 176 valence electrons. The average Bonchev–Trinajstić information content (AvgIpc) is 3.59. The molecule has 2 N–H and O–H groups in total. The number of nitrogens with zero attached hydrogens (tertiary/aromatic N) is 2. The maximum Gasteiger partial charge on any atom is 0.275 e. The van der Waals surface area contributed by atoms with Crippen LogP contribution >= 0.6 is 23.2 Å². The number of nitrogens with one attached hydrogen (secondary N) is 1. The van der Waals surface area contributed by atoms with Gasteiger partial charge >= 0.3 is 0 Å². The summed E-state index contributed by atoms with van der Waals surface area (Å²) in [5.41, 5.74) is -1.57. The Morgan fingerprint density at radius 2 is 1.65 bits per heavy atom. The topological polar surface area (TPSA) is 99.1 Å². The number of rotatable bonds is 8. The molecule has 1 amide bonds. The Labute approximate surface area is 205 Å². The second kappa shape index (κ2) is 9.25. The number of carbonyl (C=O) groups is 1. The van der Waals surface area contributed by atoms with Crippen molar-refractivity contribution in [1.82, 2.24) is 5.32 Å². The van der Waals surface area contributed by atoms with E-state index in [1.54, 1.807) is 12.1 Å². The van der Waals surface area contributed by atoms with Gasteiger partial charge in [-0.25, -0.2) is 22.1 Å². The summed E-state index contributed by atoms with van der Waals surface area (Å²) in [6.45, 7) is 0.154. The molecule has 4 rings (SSSR count). The Morgan fingerprint density at radius 1 is 1.03 bits per heavy atom. The zero-order valence-corrected chi connectivity index (χ0v) is 19.8. The summed E-state index contributed by atoms with van der Waals surface area (Å²) in [7, 11) is -4.47. The largest absolute Gasteiger partial charge is 0.508 e. The van der Waals surface area contributed by atoms with E-state index < -0.39 is 33.1 Å². The third-order valence-corrected chi connectivity index (χ3v) is 7.44. The van der Waals surface area contributed by atoms with E-state index in [0.717, 1.165) is 23.9 Å². The van der Waals surface area contributed by atoms with E-state index in [1.807, 2.05) is 0 Å². The SMILES string of the molecule is O=C(NCCc1ccc(O)cc1)[C@]1(N(c2cc(Cl)ccc2F)S(=O)(=O)c2ccc(Cl)cc2)C=N1. The maximum atomic E-state index is 14.9. The smallest absolute Gasteiger partial charge is 0.275 e. The van der Waals surface area contributed by atoms with Crippen molar-refractivity contribution in [3.05, 3.63) is 88.2 Å². The van der Waals surface area contributed by atoms with Crippen LogP contribution in [0.1, 0.15) is 5.56 Å². The molecule has 0 saturated heterocycles. The van der Waals surface area contributed by atoms with Crippen molar-refractivity contribution in [3.8, 4) is 5.75 Å². The van der Waals surface area contributed by atoms with Crippen molar-refractivity contribution < 1.29 is 22.7 Å². The van der Waals surface area contributed by atoms with Crippen LogP contribution in [0.15, 0.2) is 76.6 Å². The highest BCUT2D eigenvalue weighted by molar-refractivity contribution is 7.93. The summed E-state index contributed by atoms with van der Waals surface area (Å²) in [5.74, 6) is -1.53. The van der Waals surface area contributed by atoms with Crippen LogP contribution in [0.2, 0.25) is 10.0 Å². The highest BCUT2D eigenvalue weighted by atomic mass is 35.5. The molecule has 0 unspecified atom stereocenters. The summed E-state index contributed by atoms with van der Waals surface area (Å²) >= 11 is 11.9. The number of aromatic hydroxyl groups is 1. The highest BCUT2D eigenvalue weighted by Gasteiger charge is 2.56. The number of phenols is 1. The van der Waals surface area contributed by atoms with Crippen molar-refractivity contribution >= 4 is 51.0 Å². The Balaban J connectivity index is 1.67. The zero-order valence-electron chi connectivity index (χ0n) is 17.5. The van der Waals surface area contributed by atoms with E-state index in [4.69, 9.17) is 23.2 Å². The number of sulfonamides is 1. The van der Waals surface area contributed by atoms with Crippen LogP contribution in [0.4, 0.5) is 10.1 Å². The van der Waals surface area contributed by atoms with Gasteiger partial charge in [0.25, 0.3) is 21.6 Å². The summed E-state index contributed by atoms with van der Waals surface area (Å²) in [6, 6.07) is 15.1. The first-order valence-corrected chi connectivity index (χ1v) is 12.2. The minimum Gasteiger partial charge on any atom is -0.508 e. The van der Waals surface area contributed by atoms with Gasteiger partial charge in [0, 0.05) is 16.6 Å². The van der Waals surface area contributed by atoms with Crippen LogP contribution in [0.5, 0.6) is 5.75 Å². The minimum absolute atomic E-state index is 0.0799. The average molecular weight is 522 g/mol. The number of amides is 1. The van der Waals surface area contributed by atoms with Gasteiger partial charge < -0.3 is 10.4 Å². The lowest BCUT2D eigenvalue weighted by molar-refractivity contribution is -0.122. The predicted octanol–water partition coefficient (Wildman–Crippen LogP) is 4.17. The lowest BCUT2D eigenvalue weighted by Gasteiger charge is -2.31. The van der Waals surface area contributed by atoms with Gasteiger partial charge in [0.1, 0.15) is 11.6 Å². The molecule has 0 aromatic heterocycles. The van der Waals surface area contributed by atoms with E-state index >= 15 is 0 Å². The summed E-state index contributed by atoms with van der Waals surface area (Å²) in [5, 5.41) is 12.4. The Kier molecular flexibility index (Phi) is 6.53. The van der Waals surface area contributed by atoms with Crippen LogP contribution < -0.4 is 9.62 Å². The molecule has 3 aromatic carbocycles. The molecule has 0 saturated carbocycles. The zero-order chi connectivity index (χ0) is 24.5. The molecule has 1 aliphatic rings. The minimum atomic E-state index is -4.47. The van der Waals surface area contributed by atoms with Gasteiger partial charge in [-0.05, 0) is 66.6 Å². The van der Waals surface area contributed by atoms with Crippen LogP contribution in [-0.2, 0) is 21.2 Å². The number of hydrogen-bond donors (Lipinski definition) is 2. The molecule has 34 heavy (non-hydrogen) atoms. The van der Waals surface area contributed by atoms with E-state index in [1.165, 1.54) is 42.5 Å². The second-order valence-electron chi connectivity index (χ2n) is 7.48. The van der Waals surface area contributed by atoms with E-state index in [9.17, 15) is 22.7 Å². The Bertz CT molecular complexity index is 1360. The molecule has 1 aliphatic heterocycles. The summed E-state index contributed by atoms with van der Waals surface area (Å²) < 4.78 is 42.7. The molecule has 3 aromatic rings. The number of halogens is 3. The molecule has 1 heterocycles. The van der Waals surface area contributed by atoms with Crippen molar-refractivity contribution in [3.63, 3.8) is 0 Å². The molecule has 0 radical (unpaired) electrons. The third-order valence-electron chi connectivity index (χ3n) is 5.13. The number of phenolic OH excluding ortho intramolecular Hbond substituents is 1. The van der Waals surface area contributed by atoms with Crippen molar-refractivity contribution in [2.75, 3.05) is 10.8 Å². The van der Waals surface area contributed by atoms with Gasteiger partial charge in [-0.3, -0.25) is 4.79 Å². The monoisotopic (exact) mass is 521 g/mol. The fourth-order valence-corrected chi connectivity index (χ4v) is 5.26. The summed E-state index contributed by atoms with van der Waals surface area (Å²) in [4.78, 5) is 16.9. The van der Waals surface area contributed by atoms with Gasteiger partial charge in [0.15, 0.2) is 0 Å². The molecular formula is C23H18Cl2FN3O4S. The fraction of sp³-hybridized carbons (Fsp3) is 0.130. The number of hydrogen-bond acceptors (Lipinski definition) is 5. The molecule has 0 fully saturated rings. The number of carbonyl (C=O) groups excluding carboxylic acids is 1. The van der Waals surface area contributed by atoms with Crippen molar-refractivity contribution in [2.45, 2.75) is 17.0 Å². The normalized spacial score (nSPS) is 16.8. The van der Waals surface area contributed by atoms with Crippen LogP contribution in [0.3, 0.4) is 0 Å². The first kappa shape index (κ1) is 24.0. The molecule has 0 spiro atoms. The lowest BCUT2D eigenvalue weighted by Crippen LogP contribution is -2.55. The van der Waals surface area contributed by atoms with E-state index in [2.05, 4.69) is 10.3 Å². The van der Waals surface area contributed by atoms with Crippen LogP contribution in [0.25, 0.3) is 0 Å². The fourth-order valence-electron chi connectivity index (χ4n) is 3.34. The molecule has 1 atom stereocenters. The van der Waals surface area contributed by atoms with Gasteiger partial charge in [-0.1, -0.05) is 35.3 Å². The van der Waals surface area contributed by atoms with Gasteiger partial charge in [0.05, 0.1) is 16.8 Å². The van der Waals surface area contributed by atoms with Crippen LogP contribution in [0, 0.1) is 5.82 Å². The van der Waals surface area contributed by atoms with Gasteiger partial charge in [-0.15, -0.1) is 0 Å². The van der Waals surface area contributed by atoms with Crippen molar-refractivity contribution in [1.29, 1.82) is 0 Å². The quantitative estimate of drug-likeness (QED) is 0.464. The van der Waals surface area contributed by atoms with Gasteiger partial charge in [0.2, 0.25) is 0 Å². The molecule has 0 bridgehead atoms. The number of aliphatic imine (C=N–C) groups is 1. The van der Waals surface area contributed by atoms with Crippen LogP contribution in [-0.4, -0.2) is 37.9 Å². The van der Waals surface area contributed by atoms with E-state index in [0.29, 0.717) is 15.7 Å². The van der Waals surface area contributed by atoms with E-state index in [-0.39, 0.29) is 22.2 Å². The Hall–Kier alpha value is -3.14. The number of benzene rings is 3. The predicted molar refractivity (Wildman–Crippen MR) is 129 cm³/mol. The third kappa shape index (κ3) is 4.72. The molecule has 7 nitrogen and oxygen atoms in total. The summed E-state index contributed by atoms with van der Waals surface area (Å²) in [6.07, 6.45) is 1.55. The van der Waals surface area contributed by atoms with Crippen molar-refractivity contribution in [2.24, 2.45) is 4.99 Å². The van der Waals surface area contributed by atoms with Gasteiger partial charge in [-0.2, -0.15) is 0 Å². The second-order valence-corrected chi connectivity index (χ2v) is 10.1. The maximum absolute atomic E-state index is 14.9. The first-order chi connectivity index (χ1) is 16.1.